The Morgan fingerprint density at radius 3 is 2.38 bits per heavy atom. The molecule has 1 unspecified atom stereocenters. The van der Waals surface area contributed by atoms with E-state index in [4.69, 9.17) is 4.74 Å². The predicted molar refractivity (Wildman–Crippen MR) is 145 cm³/mol. The SMILES string of the molecule is COC(=O)N1C=CC[C@@H]2C=c3cc4c(cc3=C[C@@H]2C1C)sc1c2cc3ccccc3cc2sc41. The Bertz CT molecular complexity index is 1790. The molecule has 0 fully saturated rings. The zero-order chi connectivity index (χ0) is 23.0. The van der Waals surface area contributed by atoms with E-state index < -0.39 is 0 Å². The molecule has 1 aliphatic heterocycles. The number of thiophene rings is 2. The van der Waals surface area contributed by atoms with Gasteiger partial charge in [0, 0.05) is 38.3 Å². The first-order valence-corrected chi connectivity index (χ1v) is 13.3. The zero-order valence-electron chi connectivity index (χ0n) is 18.9. The number of allylic oxidation sites excluding steroid dienone is 1. The molecule has 2 aromatic heterocycles. The minimum atomic E-state index is -0.294. The number of amides is 1. The number of carbonyl (C=O) groups excluding carboxylic acids is 1. The van der Waals surface area contributed by atoms with E-state index in [0.29, 0.717) is 5.92 Å². The van der Waals surface area contributed by atoms with Gasteiger partial charge in [-0.05, 0) is 64.7 Å². The summed E-state index contributed by atoms with van der Waals surface area (Å²) in [6.45, 7) is 2.12. The minimum Gasteiger partial charge on any atom is -0.452 e. The van der Waals surface area contributed by atoms with E-state index in [1.807, 2.05) is 28.9 Å². The van der Waals surface area contributed by atoms with Crippen LogP contribution in [0.5, 0.6) is 0 Å². The van der Waals surface area contributed by atoms with Gasteiger partial charge in [0.15, 0.2) is 0 Å². The molecule has 0 spiro atoms. The number of methoxy groups -OCH3 is 1. The summed E-state index contributed by atoms with van der Waals surface area (Å²) in [5.41, 5.74) is 0. The standard InChI is InChI=1S/C29H23NO2S2/c1-16-22-12-21-15-26-24(13-20(21)10-19(22)8-5-9-30(16)29(31)32-2)28-27(34-26)23-11-17-6-3-4-7-18(17)14-25(23)33-28/h3-7,9-16,19,22H,8H2,1-2H3/t16?,19-,22-/m1/s1. The lowest BCUT2D eigenvalue weighted by Gasteiger charge is -2.32. The van der Waals surface area contributed by atoms with E-state index in [1.54, 1.807) is 4.90 Å². The molecule has 1 aliphatic carbocycles. The van der Waals surface area contributed by atoms with Crippen LogP contribution < -0.4 is 10.4 Å². The molecular formula is C29H23NO2S2. The van der Waals surface area contributed by atoms with Gasteiger partial charge in [-0.15, -0.1) is 22.7 Å². The summed E-state index contributed by atoms with van der Waals surface area (Å²) in [5.74, 6) is 0.625. The van der Waals surface area contributed by atoms with Gasteiger partial charge in [-0.3, -0.25) is 4.90 Å². The molecule has 7 rings (SSSR count). The van der Waals surface area contributed by atoms with Gasteiger partial charge in [0.05, 0.1) is 16.5 Å². The number of hydrogen-bond acceptors (Lipinski definition) is 4. The monoisotopic (exact) mass is 481 g/mol. The minimum absolute atomic E-state index is 0.0420. The maximum atomic E-state index is 12.3. The maximum Gasteiger partial charge on any atom is 0.413 e. The summed E-state index contributed by atoms with van der Waals surface area (Å²) >= 11 is 3.82. The highest BCUT2D eigenvalue weighted by Crippen LogP contribution is 2.44. The average Bonchev–Trinajstić information content (AvgIpc) is 3.32. The third-order valence-corrected chi connectivity index (χ3v) is 9.97. The van der Waals surface area contributed by atoms with Crippen molar-refractivity contribution in [3.8, 4) is 0 Å². The van der Waals surface area contributed by atoms with Gasteiger partial charge in [0.2, 0.25) is 0 Å². The molecule has 3 aromatic carbocycles. The van der Waals surface area contributed by atoms with Crippen LogP contribution in [-0.2, 0) is 4.74 Å². The summed E-state index contributed by atoms with van der Waals surface area (Å²) in [5, 5.41) is 7.91. The maximum absolute atomic E-state index is 12.3. The van der Waals surface area contributed by atoms with E-state index in [2.05, 4.69) is 73.7 Å². The van der Waals surface area contributed by atoms with Gasteiger partial charge in [-0.25, -0.2) is 4.79 Å². The van der Waals surface area contributed by atoms with Crippen molar-refractivity contribution in [1.82, 2.24) is 4.90 Å². The molecule has 3 nitrogen and oxygen atoms in total. The van der Waals surface area contributed by atoms with Crippen molar-refractivity contribution in [2.45, 2.75) is 19.4 Å². The molecule has 168 valence electrons. The van der Waals surface area contributed by atoms with Gasteiger partial charge in [-0.2, -0.15) is 0 Å². The summed E-state index contributed by atoms with van der Waals surface area (Å²) in [6, 6.07) is 18.1. The van der Waals surface area contributed by atoms with Crippen LogP contribution in [-0.4, -0.2) is 24.1 Å². The van der Waals surface area contributed by atoms with Crippen LogP contribution >= 0.6 is 22.7 Å². The summed E-state index contributed by atoms with van der Waals surface area (Å²) < 4.78 is 10.5. The molecule has 5 heteroatoms. The number of fused-ring (bicyclic) bond motifs is 8. The topological polar surface area (TPSA) is 29.5 Å². The van der Waals surface area contributed by atoms with Crippen molar-refractivity contribution in [3.63, 3.8) is 0 Å². The molecule has 0 bridgehead atoms. The summed E-state index contributed by atoms with van der Waals surface area (Å²) in [6.07, 6.45) is 9.43. The van der Waals surface area contributed by atoms with Crippen LogP contribution in [0.3, 0.4) is 0 Å². The number of benzene rings is 3. The van der Waals surface area contributed by atoms with Gasteiger partial charge in [0.25, 0.3) is 0 Å². The van der Waals surface area contributed by atoms with Crippen LogP contribution in [0.15, 0.2) is 60.8 Å². The fourth-order valence-electron chi connectivity index (χ4n) is 5.69. The Morgan fingerprint density at radius 2 is 1.62 bits per heavy atom. The fourth-order valence-corrected chi connectivity index (χ4v) is 8.39. The average molecular weight is 482 g/mol. The largest absolute Gasteiger partial charge is 0.452 e. The lowest BCUT2D eigenvalue weighted by atomic mass is 9.80. The third kappa shape index (κ3) is 2.90. The lowest BCUT2D eigenvalue weighted by Crippen LogP contribution is -2.43. The second kappa shape index (κ2) is 7.42. The second-order valence-corrected chi connectivity index (χ2v) is 11.5. The van der Waals surface area contributed by atoms with E-state index in [9.17, 15) is 4.79 Å². The first-order valence-electron chi connectivity index (χ1n) is 11.6. The van der Waals surface area contributed by atoms with Gasteiger partial charge in [0.1, 0.15) is 0 Å². The number of ether oxygens (including phenoxy) is 1. The van der Waals surface area contributed by atoms with Gasteiger partial charge in [-0.1, -0.05) is 42.5 Å². The molecule has 0 radical (unpaired) electrons. The van der Waals surface area contributed by atoms with E-state index >= 15 is 0 Å². The Balaban J connectivity index is 1.42. The molecule has 3 atom stereocenters. The number of nitrogens with zero attached hydrogens (tertiary/aromatic N) is 1. The van der Waals surface area contributed by atoms with Crippen LogP contribution in [0.1, 0.15) is 13.3 Å². The van der Waals surface area contributed by atoms with Crippen molar-refractivity contribution in [1.29, 1.82) is 0 Å². The molecule has 0 saturated heterocycles. The highest BCUT2D eigenvalue weighted by atomic mass is 32.1. The van der Waals surface area contributed by atoms with Crippen molar-refractivity contribution < 1.29 is 9.53 Å². The summed E-state index contributed by atoms with van der Waals surface area (Å²) in [7, 11) is 1.45. The molecule has 0 N–H and O–H groups in total. The first-order chi connectivity index (χ1) is 16.6. The third-order valence-electron chi connectivity index (χ3n) is 7.47. The van der Waals surface area contributed by atoms with E-state index in [1.165, 1.54) is 57.9 Å². The smallest absolute Gasteiger partial charge is 0.413 e. The van der Waals surface area contributed by atoms with Crippen molar-refractivity contribution in [2.75, 3.05) is 7.11 Å². The summed E-state index contributed by atoms with van der Waals surface area (Å²) in [4.78, 5) is 14.0. The number of hydrogen-bond donors (Lipinski definition) is 0. The van der Waals surface area contributed by atoms with Gasteiger partial charge >= 0.3 is 6.09 Å². The quantitative estimate of drug-likeness (QED) is 0.249. The van der Waals surface area contributed by atoms with Gasteiger partial charge < -0.3 is 4.74 Å². The second-order valence-electron chi connectivity index (χ2n) is 9.35. The Hall–Kier alpha value is -3.15. The Morgan fingerprint density at radius 1 is 0.941 bits per heavy atom. The lowest BCUT2D eigenvalue weighted by molar-refractivity contribution is 0.121. The highest BCUT2D eigenvalue weighted by Gasteiger charge is 2.33. The molecule has 34 heavy (non-hydrogen) atoms. The molecule has 0 saturated carbocycles. The zero-order valence-corrected chi connectivity index (χ0v) is 20.6. The number of carbonyl (C=O) groups is 1. The molecule has 5 aromatic rings. The predicted octanol–water partition coefficient (Wildman–Crippen LogP) is 6.60. The van der Waals surface area contributed by atoms with Crippen molar-refractivity contribution >= 4 is 81.3 Å². The molecule has 3 heterocycles. The normalized spacial score (nSPS) is 21.8. The highest BCUT2D eigenvalue weighted by molar-refractivity contribution is 7.36. The first kappa shape index (κ1) is 20.2. The van der Waals surface area contributed by atoms with Crippen molar-refractivity contribution in [2.24, 2.45) is 11.8 Å². The van der Waals surface area contributed by atoms with Crippen LogP contribution in [0.4, 0.5) is 4.79 Å². The van der Waals surface area contributed by atoms with Crippen LogP contribution in [0, 0.1) is 11.8 Å². The van der Waals surface area contributed by atoms with E-state index in [0.717, 1.165) is 6.42 Å². The van der Waals surface area contributed by atoms with Crippen LogP contribution in [0.25, 0.3) is 52.5 Å². The van der Waals surface area contributed by atoms with E-state index in [-0.39, 0.29) is 18.1 Å². The molecular weight excluding hydrogens is 458 g/mol. The molecule has 2 aliphatic rings. The Kier molecular flexibility index (Phi) is 4.42. The number of rotatable bonds is 0. The van der Waals surface area contributed by atoms with Crippen molar-refractivity contribution in [3.05, 3.63) is 71.2 Å². The van der Waals surface area contributed by atoms with Crippen LogP contribution in [0.2, 0.25) is 0 Å². The Labute approximate surface area is 204 Å². The fraction of sp³-hybridized carbons (Fsp3) is 0.207. The molecule has 1 amide bonds.